The van der Waals surface area contributed by atoms with E-state index in [-0.39, 0.29) is 0 Å². The Kier molecular flexibility index (Phi) is 6.84. The van der Waals surface area contributed by atoms with Gasteiger partial charge in [-0.2, -0.15) is 0 Å². The summed E-state index contributed by atoms with van der Waals surface area (Å²) in [5, 5.41) is 2.79. The van der Waals surface area contributed by atoms with Gasteiger partial charge in [-0.15, -0.1) is 0 Å². The van der Waals surface area contributed by atoms with E-state index in [0.717, 1.165) is 0 Å². The van der Waals surface area contributed by atoms with Crippen LogP contribution in [-0.4, -0.2) is 18.5 Å². The fraction of sp³-hybridized carbons (Fsp3) is 0.130. The Bertz CT molecular complexity index is 964. The first-order valence-electron chi connectivity index (χ1n) is 9.17. The molecule has 6 heteroatoms. The molecule has 3 rings (SSSR count). The van der Waals surface area contributed by atoms with Crippen molar-refractivity contribution >= 4 is 23.6 Å². The third-order valence-electron chi connectivity index (χ3n) is 3.95. The van der Waals surface area contributed by atoms with Crippen LogP contribution < -0.4 is 10.1 Å². The molecule has 3 aromatic rings. The third kappa shape index (κ3) is 5.59. The van der Waals surface area contributed by atoms with E-state index in [0.29, 0.717) is 29.4 Å². The molecule has 29 heavy (non-hydrogen) atoms. The average Bonchev–Trinajstić information content (AvgIpc) is 3.26. The van der Waals surface area contributed by atoms with E-state index < -0.39 is 18.0 Å². The zero-order chi connectivity index (χ0) is 20.5. The van der Waals surface area contributed by atoms with Gasteiger partial charge < -0.3 is 19.2 Å². The Labute approximate surface area is 168 Å². The lowest BCUT2D eigenvalue weighted by atomic mass is 10.1. The van der Waals surface area contributed by atoms with Gasteiger partial charge in [-0.05, 0) is 37.3 Å². The van der Waals surface area contributed by atoms with E-state index in [4.69, 9.17) is 13.9 Å². The molecule has 2 aromatic carbocycles. The molecule has 6 nitrogen and oxygen atoms in total. The summed E-state index contributed by atoms with van der Waals surface area (Å²) in [4.78, 5) is 25.2. The van der Waals surface area contributed by atoms with Crippen LogP contribution in [0.2, 0.25) is 0 Å². The first-order chi connectivity index (χ1) is 14.2. The standard InChI is InChI=1S/C23H21NO5/c1-2-27-20-13-7-6-12-19(20)24-23(26)22(17-9-4-3-5-10-17)29-21(25)15-14-18-11-8-16-28-18/h3-16,22H,2H2,1H3,(H,24,26). The van der Waals surface area contributed by atoms with Gasteiger partial charge in [0.2, 0.25) is 6.10 Å². The van der Waals surface area contributed by atoms with Crippen molar-refractivity contribution in [2.45, 2.75) is 13.0 Å². The molecular formula is C23H21NO5. The molecule has 0 saturated heterocycles. The molecule has 1 atom stereocenters. The second kappa shape index (κ2) is 9.94. The van der Waals surface area contributed by atoms with Gasteiger partial charge in [-0.1, -0.05) is 42.5 Å². The maximum absolute atomic E-state index is 13.0. The van der Waals surface area contributed by atoms with Crippen molar-refractivity contribution in [3.63, 3.8) is 0 Å². The molecule has 0 radical (unpaired) electrons. The highest BCUT2D eigenvalue weighted by Crippen LogP contribution is 2.26. The molecule has 0 bridgehead atoms. The Hall–Kier alpha value is -3.80. The van der Waals surface area contributed by atoms with E-state index in [2.05, 4.69) is 5.32 Å². The minimum atomic E-state index is -1.13. The van der Waals surface area contributed by atoms with Crippen molar-refractivity contribution in [1.82, 2.24) is 0 Å². The zero-order valence-corrected chi connectivity index (χ0v) is 15.9. The Morgan fingerprint density at radius 1 is 1.03 bits per heavy atom. The molecule has 0 aliphatic rings. The Balaban J connectivity index is 1.78. The van der Waals surface area contributed by atoms with Crippen LogP contribution in [0, 0.1) is 0 Å². The predicted octanol–water partition coefficient (Wildman–Crippen LogP) is 4.61. The molecule has 0 saturated carbocycles. The van der Waals surface area contributed by atoms with E-state index in [1.54, 1.807) is 54.6 Å². The van der Waals surface area contributed by atoms with Crippen molar-refractivity contribution in [3.8, 4) is 5.75 Å². The van der Waals surface area contributed by atoms with Crippen LogP contribution in [0.25, 0.3) is 6.08 Å². The molecule has 1 N–H and O–H groups in total. The van der Waals surface area contributed by atoms with Crippen LogP contribution in [0.1, 0.15) is 24.4 Å². The largest absolute Gasteiger partial charge is 0.492 e. The summed E-state index contributed by atoms with van der Waals surface area (Å²) in [6, 6.07) is 19.3. The molecule has 1 heterocycles. The van der Waals surface area contributed by atoms with Crippen LogP contribution in [-0.2, 0) is 14.3 Å². The number of furan rings is 1. The first kappa shape index (κ1) is 19.9. The van der Waals surface area contributed by atoms with Gasteiger partial charge in [0.25, 0.3) is 5.91 Å². The molecule has 0 aliphatic carbocycles. The van der Waals surface area contributed by atoms with Crippen LogP contribution in [0.15, 0.2) is 83.5 Å². The van der Waals surface area contributed by atoms with Crippen molar-refractivity contribution in [2.75, 3.05) is 11.9 Å². The van der Waals surface area contributed by atoms with Crippen molar-refractivity contribution < 1.29 is 23.5 Å². The SMILES string of the molecule is CCOc1ccccc1NC(=O)C(OC(=O)C=Cc1ccco1)c1ccccc1. The molecule has 1 amide bonds. The number of amides is 1. The summed E-state index contributed by atoms with van der Waals surface area (Å²) in [5.74, 6) is -0.0981. The monoisotopic (exact) mass is 391 g/mol. The van der Waals surface area contributed by atoms with E-state index in [9.17, 15) is 9.59 Å². The molecule has 1 unspecified atom stereocenters. The quantitative estimate of drug-likeness (QED) is 0.448. The number of anilines is 1. The van der Waals surface area contributed by atoms with Crippen LogP contribution in [0.3, 0.4) is 0 Å². The van der Waals surface area contributed by atoms with Gasteiger partial charge >= 0.3 is 5.97 Å². The third-order valence-corrected chi connectivity index (χ3v) is 3.95. The van der Waals surface area contributed by atoms with Crippen LogP contribution in [0.4, 0.5) is 5.69 Å². The van der Waals surface area contributed by atoms with Crippen molar-refractivity contribution in [1.29, 1.82) is 0 Å². The number of para-hydroxylation sites is 2. The Morgan fingerprint density at radius 2 is 1.79 bits per heavy atom. The number of carbonyl (C=O) groups is 2. The number of benzene rings is 2. The lowest BCUT2D eigenvalue weighted by Crippen LogP contribution is -2.25. The van der Waals surface area contributed by atoms with Gasteiger partial charge in [0.15, 0.2) is 0 Å². The second-order valence-corrected chi connectivity index (χ2v) is 5.99. The van der Waals surface area contributed by atoms with E-state index >= 15 is 0 Å². The van der Waals surface area contributed by atoms with Gasteiger partial charge in [0.1, 0.15) is 11.5 Å². The number of rotatable bonds is 8. The normalized spacial score (nSPS) is 11.8. The highest BCUT2D eigenvalue weighted by molar-refractivity contribution is 5.98. The summed E-state index contributed by atoms with van der Waals surface area (Å²) in [7, 11) is 0. The predicted molar refractivity (Wildman–Crippen MR) is 109 cm³/mol. The van der Waals surface area contributed by atoms with Gasteiger partial charge in [-0.25, -0.2) is 4.79 Å². The van der Waals surface area contributed by atoms with Gasteiger partial charge in [0.05, 0.1) is 18.6 Å². The fourth-order valence-electron chi connectivity index (χ4n) is 2.64. The summed E-state index contributed by atoms with van der Waals surface area (Å²) in [5.41, 5.74) is 1.06. The number of esters is 1. The fourth-order valence-corrected chi connectivity index (χ4v) is 2.64. The smallest absolute Gasteiger partial charge is 0.332 e. The lowest BCUT2D eigenvalue weighted by Gasteiger charge is -2.18. The maximum atomic E-state index is 13.0. The van der Waals surface area contributed by atoms with Gasteiger partial charge in [0, 0.05) is 11.6 Å². The zero-order valence-electron chi connectivity index (χ0n) is 15.9. The number of nitrogens with one attached hydrogen (secondary N) is 1. The Morgan fingerprint density at radius 3 is 2.52 bits per heavy atom. The molecule has 148 valence electrons. The van der Waals surface area contributed by atoms with E-state index in [1.165, 1.54) is 18.4 Å². The minimum absolute atomic E-state index is 0.460. The summed E-state index contributed by atoms with van der Waals surface area (Å²) >= 11 is 0. The topological polar surface area (TPSA) is 77.8 Å². The second-order valence-electron chi connectivity index (χ2n) is 5.99. The van der Waals surface area contributed by atoms with Crippen molar-refractivity contribution in [3.05, 3.63) is 90.4 Å². The number of hydrogen-bond donors (Lipinski definition) is 1. The molecule has 0 fully saturated rings. The van der Waals surface area contributed by atoms with Crippen molar-refractivity contribution in [2.24, 2.45) is 0 Å². The number of carbonyl (C=O) groups excluding carboxylic acids is 2. The van der Waals surface area contributed by atoms with Crippen LogP contribution in [0.5, 0.6) is 5.75 Å². The maximum Gasteiger partial charge on any atom is 0.332 e. The highest BCUT2D eigenvalue weighted by Gasteiger charge is 2.25. The van der Waals surface area contributed by atoms with Crippen LogP contribution >= 0.6 is 0 Å². The lowest BCUT2D eigenvalue weighted by molar-refractivity contribution is -0.149. The number of hydrogen-bond acceptors (Lipinski definition) is 5. The molecule has 1 aromatic heterocycles. The first-order valence-corrected chi connectivity index (χ1v) is 9.17. The molecular weight excluding hydrogens is 370 g/mol. The van der Waals surface area contributed by atoms with E-state index in [1.807, 2.05) is 19.1 Å². The average molecular weight is 391 g/mol. The summed E-state index contributed by atoms with van der Waals surface area (Å²) < 4.78 is 16.1. The van der Waals surface area contributed by atoms with Gasteiger partial charge in [-0.3, -0.25) is 4.79 Å². The molecule has 0 aliphatic heterocycles. The summed E-state index contributed by atoms with van der Waals surface area (Å²) in [6.45, 7) is 2.32. The minimum Gasteiger partial charge on any atom is -0.492 e. The number of ether oxygens (including phenoxy) is 2. The highest BCUT2D eigenvalue weighted by atomic mass is 16.5. The summed E-state index contributed by atoms with van der Waals surface area (Å²) in [6.07, 6.45) is 3.07. The molecule has 0 spiro atoms.